The Labute approximate surface area is 219 Å². The summed E-state index contributed by atoms with van der Waals surface area (Å²) in [5.41, 5.74) is 7.84. The lowest BCUT2D eigenvalue weighted by atomic mass is 10.1. The van der Waals surface area contributed by atoms with Gasteiger partial charge in [-0.2, -0.15) is 13.2 Å². The zero-order chi connectivity index (χ0) is 29.0. The van der Waals surface area contributed by atoms with E-state index in [4.69, 9.17) is 20.4 Å². The molecule has 0 radical (unpaired) electrons. The van der Waals surface area contributed by atoms with Gasteiger partial charge in [0.2, 0.25) is 20.0 Å². The first-order chi connectivity index (χ1) is 17.5. The molecule has 0 saturated heterocycles. The summed E-state index contributed by atoms with van der Waals surface area (Å²) in [6, 6.07) is 14.0. The normalized spacial score (nSPS) is 11.9. The Kier molecular flexibility index (Phi) is 12.8. The first-order valence-corrected chi connectivity index (χ1v) is 14.8. The molecule has 11 nitrogen and oxygen atoms in total. The molecule has 0 heterocycles. The third-order valence-corrected chi connectivity index (χ3v) is 5.71. The van der Waals surface area contributed by atoms with Crippen LogP contribution in [0.4, 0.5) is 24.5 Å². The number of carbonyl (C=O) groups is 1. The number of aliphatic carboxylic acids is 1. The lowest BCUT2D eigenvalue weighted by Gasteiger charge is -2.21. The first-order valence-electron chi connectivity index (χ1n) is 11.0. The number of hydrogen-bond donors (Lipinski definition) is 4. The second kappa shape index (κ2) is 14.8. The number of ether oxygens (including phenoxy) is 1. The van der Waals surface area contributed by atoms with Crippen molar-refractivity contribution in [1.82, 2.24) is 4.90 Å². The summed E-state index contributed by atoms with van der Waals surface area (Å²) >= 11 is 0. The molecule has 0 aliphatic heterocycles. The number of nitrogens with zero attached hydrogens (tertiary/aromatic N) is 1. The average Bonchev–Trinajstić information content (AvgIpc) is 2.77. The van der Waals surface area contributed by atoms with Gasteiger partial charge in [-0.25, -0.2) is 21.6 Å². The number of halogens is 3. The molecule has 0 aliphatic carbocycles. The molecule has 0 atom stereocenters. The van der Waals surface area contributed by atoms with Gasteiger partial charge in [-0.15, -0.1) is 0 Å². The summed E-state index contributed by atoms with van der Waals surface area (Å²) in [6.45, 7) is 3.21. The predicted molar refractivity (Wildman–Crippen MR) is 138 cm³/mol. The zero-order valence-electron chi connectivity index (χ0n) is 20.7. The van der Waals surface area contributed by atoms with Gasteiger partial charge in [-0.1, -0.05) is 12.1 Å². The fourth-order valence-corrected chi connectivity index (χ4v) is 4.01. The van der Waals surface area contributed by atoms with Crippen molar-refractivity contribution in [3.8, 4) is 5.75 Å². The largest absolute Gasteiger partial charge is 0.492 e. The van der Waals surface area contributed by atoms with E-state index in [9.17, 15) is 30.0 Å². The van der Waals surface area contributed by atoms with Gasteiger partial charge in [0.1, 0.15) is 12.4 Å². The summed E-state index contributed by atoms with van der Waals surface area (Å²) in [5, 5.41) is 7.12. The molecule has 0 aliphatic rings. The Morgan fingerprint density at radius 2 is 1.34 bits per heavy atom. The van der Waals surface area contributed by atoms with Crippen molar-refractivity contribution >= 4 is 37.4 Å². The van der Waals surface area contributed by atoms with Gasteiger partial charge in [0.05, 0.1) is 12.5 Å². The molecule has 0 unspecified atom stereocenters. The number of carboxylic acids is 1. The van der Waals surface area contributed by atoms with Crippen LogP contribution in [0.2, 0.25) is 0 Å². The van der Waals surface area contributed by atoms with E-state index in [1.165, 1.54) is 0 Å². The number of rotatable bonds is 13. The van der Waals surface area contributed by atoms with Crippen molar-refractivity contribution in [3.05, 3.63) is 54.1 Å². The van der Waals surface area contributed by atoms with Crippen LogP contribution in [0.1, 0.15) is 5.56 Å². The molecular formula is C22H31F3N4O7S2. The molecule has 16 heteroatoms. The maximum atomic E-state index is 11.3. The molecule has 0 fully saturated rings. The number of sulfonamides is 2. The monoisotopic (exact) mass is 584 g/mol. The highest BCUT2D eigenvalue weighted by Crippen LogP contribution is 2.17. The van der Waals surface area contributed by atoms with Crippen molar-refractivity contribution in [2.75, 3.05) is 54.7 Å². The number of benzene rings is 2. The molecule has 0 bridgehead atoms. The maximum Gasteiger partial charge on any atom is 0.490 e. The summed E-state index contributed by atoms with van der Waals surface area (Å²) < 4.78 is 87.4. The third-order valence-electron chi connectivity index (χ3n) is 4.50. The molecule has 2 aromatic carbocycles. The summed E-state index contributed by atoms with van der Waals surface area (Å²) in [5.74, 6) is -2.10. The molecule has 0 spiro atoms. The minimum absolute atomic E-state index is 0.468. The van der Waals surface area contributed by atoms with Gasteiger partial charge < -0.3 is 15.6 Å². The van der Waals surface area contributed by atoms with Crippen LogP contribution in [0, 0.1) is 0 Å². The topological polar surface area (TPSA) is 168 Å². The zero-order valence-corrected chi connectivity index (χ0v) is 22.4. The molecule has 38 heavy (non-hydrogen) atoms. The lowest BCUT2D eigenvalue weighted by molar-refractivity contribution is -0.192. The van der Waals surface area contributed by atoms with Gasteiger partial charge in [0.15, 0.2) is 0 Å². The summed E-state index contributed by atoms with van der Waals surface area (Å²) in [4.78, 5) is 11.1. The number of nitrogens with two attached hydrogens (primary N) is 1. The van der Waals surface area contributed by atoms with Crippen LogP contribution in [0.3, 0.4) is 0 Å². The van der Waals surface area contributed by atoms with E-state index >= 15 is 0 Å². The summed E-state index contributed by atoms with van der Waals surface area (Å²) in [7, 11) is -6.59. The van der Waals surface area contributed by atoms with Crippen LogP contribution >= 0.6 is 0 Å². The van der Waals surface area contributed by atoms with Gasteiger partial charge >= 0.3 is 12.1 Å². The molecule has 2 aromatic rings. The number of hydrogen-bond acceptors (Lipinski definition) is 8. The fraction of sp³-hybridized carbons (Fsp3) is 0.409. The number of nitrogens with one attached hydrogen (secondary N) is 2. The number of anilines is 2. The van der Waals surface area contributed by atoms with Crippen LogP contribution in [0.15, 0.2) is 48.5 Å². The highest BCUT2D eigenvalue weighted by Gasteiger charge is 2.38. The molecule has 0 aromatic heterocycles. The quantitative estimate of drug-likeness (QED) is 0.275. The third kappa shape index (κ3) is 15.2. The molecule has 0 saturated carbocycles. The number of carboxylic acid groups (broad SMARTS) is 1. The summed E-state index contributed by atoms with van der Waals surface area (Å²) in [6.07, 6.45) is -2.07. The average molecular weight is 585 g/mol. The molecular weight excluding hydrogens is 553 g/mol. The Balaban J connectivity index is 0.000000905. The maximum absolute atomic E-state index is 11.3. The van der Waals surface area contributed by atoms with E-state index < -0.39 is 32.2 Å². The van der Waals surface area contributed by atoms with E-state index in [1.54, 1.807) is 36.4 Å². The van der Waals surface area contributed by atoms with Crippen molar-refractivity contribution in [3.63, 3.8) is 0 Å². The van der Waals surface area contributed by atoms with Crippen molar-refractivity contribution in [1.29, 1.82) is 0 Å². The Hall–Kier alpha value is -3.08. The predicted octanol–water partition coefficient (Wildman–Crippen LogP) is 1.95. The van der Waals surface area contributed by atoms with Gasteiger partial charge in [0.25, 0.3) is 0 Å². The highest BCUT2D eigenvalue weighted by molar-refractivity contribution is 7.92. The van der Waals surface area contributed by atoms with E-state index in [2.05, 4.69) is 14.3 Å². The van der Waals surface area contributed by atoms with E-state index in [0.717, 1.165) is 37.6 Å². The van der Waals surface area contributed by atoms with Crippen LogP contribution in [-0.4, -0.2) is 84.3 Å². The van der Waals surface area contributed by atoms with Crippen LogP contribution in [0.5, 0.6) is 5.75 Å². The van der Waals surface area contributed by atoms with Gasteiger partial charge in [0, 0.05) is 37.6 Å². The SMILES string of the molecule is CS(=O)(=O)Nc1ccc(CCN(CCN)CCOc2ccc(NS(C)(=O)=O)cc2)cc1.O=C(O)C(F)(F)F. The molecule has 214 valence electrons. The Morgan fingerprint density at radius 3 is 1.74 bits per heavy atom. The Morgan fingerprint density at radius 1 is 0.895 bits per heavy atom. The molecule has 0 amide bonds. The van der Waals surface area contributed by atoms with Crippen molar-refractivity contribution < 1.29 is 44.6 Å². The van der Waals surface area contributed by atoms with Crippen LogP contribution in [-0.2, 0) is 31.3 Å². The fourth-order valence-electron chi connectivity index (χ4n) is 2.88. The standard InChI is InChI=1S/C20H30N4O5S2.C2HF3O2/c1-30(25,26)22-18-5-3-17(4-6-18)11-13-24(14-12-21)15-16-29-20-9-7-19(8-10-20)23-31(2,27)28;3-2(4,5)1(6)7/h3-10,22-23H,11-16,21H2,1-2H3;(H,6,7). The van der Waals surface area contributed by atoms with Crippen LogP contribution in [0.25, 0.3) is 0 Å². The van der Waals surface area contributed by atoms with Gasteiger partial charge in [-0.05, 0) is 48.4 Å². The van der Waals surface area contributed by atoms with Crippen molar-refractivity contribution in [2.24, 2.45) is 5.73 Å². The highest BCUT2D eigenvalue weighted by atomic mass is 32.2. The minimum Gasteiger partial charge on any atom is -0.492 e. The molecule has 2 rings (SSSR count). The smallest absolute Gasteiger partial charge is 0.490 e. The molecule has 5 N–H and O–H groups in total. The second-order valence-electron chi connectivity index (χ2n) is 8.00. The second-order valence-corrected chi connectivity index (χ2v) is 11.5. The minimum atomic E-state index is -5.08. The van der Waals surface area contributed by atoms with Crippen molar-refractivity contribution in [2.45, 2.75) is 12.6 Å². The Bertz CT molecular complexity index is 1220. The van der Waals surface area contributed by atoms with E-state index in [-0.39, 0.29) is 0 Å². The van der Waals surface area contributed by atoms with Crippen LogP contribution < -0.4 is 19.9 Å². The van der Waals surface area contributed by atoms with E-state index in [0.29, 0.717) is 36.8 Å². The number of alkyl halides is 3. The lowest BCUT2D eigenvalue weighted by Crippen LogP contribution is -2.34. The first kappa shape index (κ1) is 32.9. The van der Waals surface area contributed by atoms with E-state index in [1.807, 2.05) is 12.1 Å². The van der Waals surface area contributed by atoms with Gasteiger partial charge in [-0.3, -0.25) is 14.3 Å².